The molecule has 0 aromatic rings. The smallest absolute Gasteiger partial charge is 0.326 e. The third kappa shape index (κ3) is 10.4. The van der Waals surface area contributed by atoms with E-state index in [9.17, 15) is 28.8 Å². The fraction of sp³-hybridized carbons (Fsp3) is 0.647. The number of aliphatic carboxylic acids is 1. The minimum Gasteiger partial charge on any atom is -0.480 e. The van der Waals surface area contributed by atoms with Gasteiger partial charge in [-0.05, 0) is 19.3 Å². The summed E-state index contributed by atoms with van der Waals surface area (Å²) in [6, 6.07) is -5.03. The number of primary amides is 2. The molecule has 4 atom stereocenters. The highest BCUT2D eigenvalue weighted by atomic mass is 16.4. The van der Waals surface area contributed by atoms with Crippen LogP contribution >= 0.6 is 0 Å². The van der Waals surface area contributed by atoms with Gasteiger partial charge in [-0.2, -0.15) is 0 Å². The van der Waals surface area contributed by atoms with Gasteiger partial charge in [0.15, 0.2) is 0 Å². The number of amides is 5. The minimum atomic E-state index is -1.55. The first kappa shape index (κ1) is 26.8. The van der Waals surface area contributed by atoms with Crippen LogP contribution in [0.25, 0.3) is 0 Å². The van der Waals surface area contributed by atoms with Crippen LogP contribution in [0.1, 0.15) is 40.0 Å². The predicted octanol–water partition coefficient (Wildman–Crippen LogP) is -3.33. The molecule has 13 nitrogen and oxygen atoms in total. The molecule has 0 aliphatic rings. The molecular weight excluding hydrogens is 400 g/mol. The van der Waals surface area contributed by atoms with Gasteiger partial charge in [0.2, 0.25) is 29.5 Å². The number of hydrogen-bond donors (Lipinski definition) is 7. The summed E-state index contributed by atoms with van der Waals surface area (Å²) in [6.45, 7) is 4.89. The van der Waals surface area contributed by atoms with Gasteiger partial charge in [0.05, 0.1) is 18.9 Å². The Morgan fingerprint density at radius 3 is 1.70 bits per heavy atom. The summed E-state index contributed by atoms with van der Waals surface area (Å²) in [5.74, 6) is -5.54. The van der Waals surface area contributed by atoms with Gasteiger partial charge in [0, 0.05) is 0 Å². The van der Waals surface area contributed by atoms with E-state index < -0.39 is 72.5 Å². The molecule has 0 aliphatic carbocycles. The van der Waals surface area contributed by atoms with Crippen LogP contribution in [0, 0.1) is 5.92 Å². The Hall–Kier alpha value is -3.22. The van der Waals surface area contributed by atoms with E-state index in [2.05, 4.69) is 16.0 Å². The van der Waals surface area contributed by atoms with Gasteiger partial charge in [-0.15, -0.1) is 0 Å². The molecule has 4 unspecified atom stereocenters. The second kappa shape index (κ2) is 12.4. The van der Waals surface area contributed by atoms with Crippen LogP contribution in [0.3, 0.4) is 0 Å². The van der Waals surface area contributed by atoms with Crippen molar-refractivity contribution in [2.45, 2.75) is 64.2 Å². The summed E-state index contributed by atoms with van der Waals surface area (Å²) < 4.78 is 0. The summed E-state index contributed by atoms with van der Waals surface area (Å²) in [7, 11) is 0. The van der Waals surface area contributed by atoms with Gasteiger partial charge >= 0.3 is 5.97 Å². The van der Waals surface area contributed by atoms with E-state index in [0.29, 0.717) is 0 Å². The highest BCUT2D eigenvalue weighted by Crippen LogP contribution is 2.06. The van der Waals surface area contributed by atoms with Gasteiger partial charge in [-0.3, -0.25) is 24.0 Å². The number of carboxylic acids is 1. The molecule has 30 heavy (non-hydrogen) atoms. The Kier molecular flexibility index (Phi) is 11.0. The number of carboxylic acid groups (broad SMARTS) is 1. The van der Waals surface area contributed by atoms with Crippen LogP contribution in [-0.4, -0.2) is 64.8 Å². The lowest BCUT2D eigenvalue weighted by atomic mass is 10.0. The SMILES string of the molecule is CC(C)CC(NC(=O)C(N)CC(N)=O)C(=O)NC(C)C(=O)NC(CC(N)=O)C(=O)O. The molecule has 0 saturated heterocycles. The van der Waals surface area contributed by atoms with E-state index in [0.717, 1.165) is 0 Å². The second-order valence-electron chi connectivity index (χ2n) is 7.27. The first-order valence-electron chi connectivity index (χ1n) is 9.20. The van der Waals surface area contributed by atoms with E-state index in [-0.39, 0.29) is 12.3 Å². The molecule has 0 aromatic heterocycles. The Morgan fingerprint density at radius 2 is 1.27 bits per heavy atom. The minimum absolute atomic E-state index is 0.0236. The lowest BCUT2D eigenvalue weighted by Crippen LogP contribution is -2.57. The topological polar surface area (TPSA) is 237 Å². The van der Waals surface area contributed by atoms with Crippen LogP contribution in [-0.2, 0) is 28.8 Å². The van der Waals surface area contributed by atoms with E-state index in [1.807, 2.05) is 0 Å². The molecule has 170 valence electrons. The summed E-state index contributed by atoms with van der Waals surface area (Å²) in [5.41, 5.74) is 15.5. The van der Waals surface area contributed by atoms with Crippen molar-refractivity contribution in [1.82, 2.24) is 16.0 Å². The van der Waals surface area contributed by atoms with E-state index >= 15 is 0 Å². The van der Waals surface area contributed by atoms with E-state index in [1.165, 1.54) is 6.92 Å². The highest BCUT2D eigenvalue weighted by molar-refractivity contribution is 5.95. The summed E-state index contributed by atoms with van der Waals surface area (Å²) >= 11 is 0. The summed E-state index contributed by atoms with van der Waals surface area (Å²) in [5, 5.41) is 15.9. The third-order valence-corrected chi connectivity index (χ3v) is 3.87. The lowest BCUT2D eigenvalue weighted by Gasteiger charge is -2.24. The Morgan fingerprint density at radius 1 is 0.767 bits per heavy atom. The monoisotopic (exact) mass is 430 g/mol. The average molecular weight is 430 g/mol. The lowest BCUT2D eigenvalue weighted by molar-refractivity contribution is -0.143. The van der Waals surface area contributed by atoms with Crippen LogP contribution in [0.15, 0.2) is 0 Å². The molecule has 0 bridgehead atoms. The zero-order valence-electron chi connectivity index (χ0n) is 17.1. The predicted molar refractivity (Wildman–Crippen MR) is 104 cm³/mol. The molecule has 0 heterocycles. The van der Waals surface area contributed by atoms with Crippen molar-refractivity contribution in [3.8, 4) is 0 Å². The fourth-order valence-electron chi connectivity index (χ4n) is 2.37. The van der Waals surface area contributed by atoms with Crippen LogP contribution < -0.4 is 33.2 Å². The van der Waals surface area contributed by atoms with Gasteiger partial charge in [0.25, 0.3) is 0 Å². The van der Waals surface area contributed by atoms with E-state index in [1.54, 1.807) is 13.8 Å². The zero-order chi connectivity index (χ0) is 23.6. The molecule has 0 radical (unpaired) electrons. The molecule has 0 aromatic carbocycles. The number of rotatable bonds is 13. The van der Waals surface area contributed by atoms with E-state index in [4.69, 9.17) is 22.3 Å². The molecule has 5 amide bonds. The van der Waals surface area contributed by atoms with Crippen molar-refractivity contribution in [3.05, 3.63) is 0 Å². The van der Waals surface area contributed by atoms with Crippen molar-refractivity contribution >= 4 is 35.5 Å². The Labute approximate surface area is 173 Å². The third-order valence-electron chi connectivity index (χ3n) is 3.87. The summed E-state index contributed by atoms with van der Waals surface area (Å²) in [4.78, 5) is 69.7. The Bertz CT molecular complexity index is 682. The molecule has 0 aliphatic heterocycles. The normalized spacial score (nSPS) is 14.7. The molecule has 13 heteroatoms. The van der Waals surface area contributed by atoms with Gasteiger partial charge in [-0.25, -0.2) is 4.79 Å². The summed E-state index contributed by atoms with van der Waals surface area (Å²) in [6.07, 6.45) is -0.822. The number of carbonyl (C=O) groups excluding carboxylic acids is 5. The van der Waals surface area contributed by atoms with Gasteiger partial charge < -0.3 is 38.3 Å². The highest BCUT2D eigenvalue weighted by Gasteiger charge is 2.29. The van der Waals surface area contributed by atoms with Crippen molar-refractivity contribution in [1.29, 1.82) is 0 Å². The maximum atomic E-state index is 12.5. The molecule has 0 saturated carbocycles. The molecule has 10 N–H and O–H groups in total. The van der Waals surface area contributed by atoms with Crippen LogP contribution in [0.2, 0.25) is 0 Å². The molecule has 0 fully saturated rings. The largest absolute Gasteiger partial charge is 0.480 e. The second-order valence-corrected chi connectivity index (χ2v) is 7.27. The number of carbonyl (C=O) groups is 6. The molecule has 0 spiro atoms. The number of hydrogen-bond acceptors (Lipinski definition) is 7. The standard InChI is InChI=1S/C17H30N6O7/c1-7(2)4-10(22-15(27)9(18)5-12(19)24)16(28)21-8(3)14(26)23-11(17(29)30)6-13(20)25/h7-11H,4-6,18H2,1-3H3,(H2,19,24)(H2,20,25)(H,21,28)(H,22,27)(H,23,26)(H,29,30). The van der Waals surface area contributed by atoms with Gasteiger partial charge in [-0.1, -0.05) is 13.8 Å². The maximum absolute atomic E-state index is 12.5. The van der Waals surface area contributed by atoms with Gasteiger partial charge in [0.1, 0.15) is 18.1 Å². The number of nitrogens with one attached hydrogen (secondary N) is 3. The fourth-order valence-corrected chi connectivity index (χ4v) is 2.37. The molecular formula is C17H30N6O7. The van der Waals surface area contributed by atoms with Crippen molar-refractivity contribution in [2.24, 2.45) is 23.1 Å². The quantitative estimate of drug-likeness (QED) is 0.155. The zero-order valence-corrected chi connectivity index (χ0v) is 17.1. The van der Waals surface area contributed by atoms with Crippen LogP contribution in [0.5, 0.6) is 0 Å². The van der Waals surface area contributed by atoms with Crippen LogP contribution in [0.4, 0.5) is 0 Å². The first-order chi connectivity index (χ1) is 13.7. The first-order valence-corrected chi connectivity index (χ1v) is 9.20. The molecule has 0 rings (SSSR count). The maximum Gasteiger partial charge on any atom is 0.326 e. The Balaban J connectivity index is 5.09. The van der Waals surface area contributed by atoms with Crippen molar-refractivity contribution in [3.63, 3.8) is 0 Å². The van der Waals surface area contributed by atoms with Crippen molar-refractivity contribution < 1.29 is 33.9 Å². The van der Waals surface area contributed by atoms with Crippen molar-refractivity contribution in [2.75, 3.05) is 0 Å². The number of nitrogens with two attached hydrogens (primary N) is 3. The average Bonchev–Trinajstić information content (AvgIpc) is 2.58.